The summed E-state index contributed by atoms with van der Waals surface area (Å²) in [5, 5.41) is 11.4. The zero-order valence-corrected chi connectivity index (χ0v) is 5.89. The molecule has 1 aromatic heterocycles. The number of alkyl halides is 2. The molecule has 1 heterocycles. The van der Waals surface area contributed by atoms with Crippen LogP contribution in [0.3, 0.4) is 0 Å². The van der Waals surface area contributed by atoms with E-state index in [0.29, 0.717) is 0 Å². The van der Waals surface area contributed by atoms with Crippen molar-refractivity contribution in [1.82, 2.24) is 9.78 Å². The standard InChI is InChI=1S/C5H2ClF2N3/c6-3-2-10-11(5(7)8)4(3)1-9/h2,5H. The zero-order valence-electron chi connectivity index (χ0n) is 5.13. The molecule has 0 bridgehead atoms. The summed E-state index contributed by atoms with van der Waals surface area (Å²) in [6.07, 6.45) is 1.01. The maximum Gasteiger partial charge on any atom is 0.334 e. The average Bonchev–Trinajstić information content (AvgIpc) is 2.30. The second-order valence-corrected chi connectivity index (χ2v) is 2.08. The Bertz CT molecular complexity index is 301. The summed E-state index contributed by atoms with van der Waals surface area (Å²) in [6, 6.07) is 1.51. The molecule has 0 aliphatic rings. The van der Waals surface area contributed by atoms with Crippen LogP contribution in [0, 0.1) is 11.3 Å². The lowest BCUT2D eigenvalue weighted by Gasteiger charge is -1.97. The first-order valence-corrected chi connectivity index (χ1v) is 2.96. The molecule has 0 fully saturated rings. The van der Waals surface area contributed by atoms with Gasteiger partial charge in [0, 0.05) is 0 Å². The first-order valence-electron chi connectivity index (χ1n) is 2.58. The van der Waals surface area contributed by atoms with Gasteiger partial charge in [-0.1, -0.05) is 11.6 Å². The first-order chi connectivity index (χ1) is 5.16. The van der Waals surface area contributed by atoms with Crippen molar-refractivity contribution in [3.05, 3.63) is 16.9 Å². The molecule has 0 aliphatic carbocycles. The van der Waals surface area contributed by atoms with Crippen molar-refractivity contribution < 1.29 is 8.78 Å². The van der Waals surface area contributed by atoms with Crippen molar-refractivity contribution in [2.45, 2.75) is 6.55 Å². The molecule has 1 rings (SSSR count). The number of nitriles is 1. The highest BCUT2D eigenvalue weighted by Gasteiger charge is 2.14. The lowest BCUT2D eigenvalue weighted by atomic mass is 10.5. The van der Waals surface area contributed by atoms with Crippen molar-refractivity contribution in [2.24, 2.45) is 0 Å². The van der Waals surface area contributed by atoms with E-state index in [-0.39, 0.29) is 15.4 Å². The Balaban J connectivity index is 3.19. The van der Waals surface area contributed by atoms with E-state index in [4.69, 9.17) is 16.9 Å². The van der Waals surface area contributed by atoms with E-state index in [1.165, 1.54) is 6.07 Å². The Hall–Kier alpha value is -1.15. The summed E-state index contributed by atoms with van der Waals surface area (Å²) in [4.78, 5) is 0. The number of hydrogen-bond donors (Lipinski definition) is 0. The first kappa shape index (κ1) is 7.95. The summed E-state index contributed by atoms with van der Waals surface area (Å²) < 4.78 is 24.1. The van der Waals surface area contributed by atoms with Gasteiger partial charge in [0.1, 0.15) is 6.07 Å². The minimum absolute atomic E-state index is 0.0622. The van der Waals surface area contributed by atoms with E-state index in [0.717, 1.165) is 6.20 Å². The highest BCUT2D eigenvalue weighted by atomic mass is 35.5. The van der Waals surface area contributed by atoms with Crippen LogP contribution in [0.25, 0.3) is 0 Å². The SMILES string of the molecule is N#Cc1c(Cl)cnn1C(F)F. The number of aromatic nitrogens is 2. The second kappa shape index (κ2) is 2.84. The topological polar surface area (TPSA) is 41.6 Å². The highest BCUT2D eigenvalue weighted by Crippen LogP contribution is 2.19. The predicted octanol–water partition coefficient (Wildman–Crippen LogP) is 1.80. The van der Waals surface area contributed by atoms with Gasteiger partial charge in [-0.05, 0) is 0 Å². The molecule has 3 nitrogen and oxygen atoms in total. The van der Waals surface area contributed by atoms with Crippen molar-refractivity contribution in [2.75, 3.05) is 0 Å². The molecular formula is C5H2ClF2N3. The minimum atomic E-state index is -2.82. The van der Waals surface area contributed by atoms with Gasteiger partial charge in [0.25, 0.3) is 0 Å². The van der Waals surface area contributed by atoms with Crippen LogP contribution in [0.4, 0.5) is 8.78 Å². The second-order valence-electron chi connectivity index (χ2n) is 1.68. The van der Waals surface area contributed by atoms with Crippen LogP contribution in [0.15, 0.2) is 6.20 Å². The summed E-state index contributed by atoms with van der Waals surface area (Å²) in [6.45, 7) is -2.82. The van der Waals surface area contributed by atoms with Gasteiger partial charge in [0.05, 0.1) is 11.2 Å². The molecule has 0 atom stereocenters. The van der Waals surface area contributed by atoms with E-state index < -0.39 is 6.55 Å². The van der Waals surface area contributed by atoms with E-state index in [2.05, 4.69) is 5.10 Å². The van der Waals surface area contributed by atoms with Gasteiger partial charge >= 0.3 is 6.55 Å². The zero-order chi connectivity index (χ0) is 8.43. The Kier molecular flexibility index (Phi) is 2.06. The molecule has 0 aliphatic heterocycles. The van der Waals surface area contributed by atoms with Crippen LogP contribution in [-0.2, 0) is 0 Å². The van der Waals surface area contributed by atoms with E-state index in [9.17, 15) is 8.78 Å². The molecule has 6 heteroatoms. The maximum atomic E-state index is 11.9. The molecule has 0 saturated carbocycles. The fourth-order valence-electron chi connectivity index (χ4n) is 0.594. The van der Waals surface area contributed by atoms with E-state index in [1.807, 2.05) is 0 Å². The molecule has 0 amide bonds. The van der Waals surface area contributed by atoms with Crippen LogP contribution in [0.2, 0.25) is 5.02 Å². The van der Waals surface area contributed by atoms with Gasteiger partial charge in [-0.2, -0.15) is 23.8 Å². The Morgan fingerprint density at radius 3 is 2.73 bits per heavy atom. The smallest absolute Gasteiger partial charge is 0.192 e. The van der Waals surface area contributed by atoms with Gasteiger partial charge in [0.2, 0.25) is 0 Å². The summed E-state index contributed by atoms with van der Waals surface area (Å²) in [5.41, 5.74) is -0.318. The van der Waals surface area contributed by atoms with Gasteiger partial charge in [-0.25, -0.2) is 0 Å². The van der Waals surface area contributed by atoms with Crippen LogP contribution < -0.4 is 0 Å². The third-order valence-corrected chi connectivity index (χ3v) is 1.32. The van der Waals surface area contributed by atoms with Crippen LogP contribution in [0.1, 0.15) is 12.2 Å². The molecule has 0 radical (unpaired) electrons. The largest absolute Gasteiger partial charge is 0.334 e. The third-order valence-electron chi connectivity index (χ3n) is 1.04. The Labute approximate surface area is 65.8 Å². The molecule has 58 valence electrons. The maximum absolute atomic E-state index is 11.9. The number of hydrogen-bond acceptors (Lipinski definition) is 2. The summed E-state index contributed by atoms with van der Waals surface area (Å²) in [5.74, 6) is 0. The number of halogens is 3. The fourth-order valence-corrected chi connectivity index (χ4v) is 0.766. The van der Waals surface area contributed by atoms with Gasteiger partial charge < -0.3 is 0 Å². The van der Waals surface area contributed by atoms with Crippen molar-refractivity contribution in [3.63, 3.8) is 0 Å². The average molecular weight is 178 g/mol. The molecule has 0 aromatic carbocycles. The van der Waals surface area contributed by atoms with Gasteiger partial charge in [-0.15, -0.1) is 0 Å². The lowest BCUT2D eigenvalue weighted by molar-refractivity contribution is 0.0557. The highest BCUT2D eigenvalue weighted by molar-refractivity contribution is 6.31. The molecule has 0 saturated heterocycles. The van der Waals surface area contributed by atoms with Crippen molar-refractivity contribution in [1.29, 1.82) is 5.26 Å². The monoisotopic (exact) mass is 177 g/mol. The van der Waals surface area contributed by atoms with E-state index in [1.54, 1.807) is 0 Å². The number of rotatable bonds is 1. The summed E-state index contributed by atoms with van der Waals surface area (Å²) >= 11 is 5.35. The van der Waals surface area contributed by atoms with Gasteiger partial charge in [-0.3, -0.25) is 0 Å². The van der Waals surface area contributed by atoms with Crippen LogP contribution in [0.5, 0.6) is 0 Å². The molecule has 11 heavy (non-hydrogen) atoms. The fraction of sp³-hybridized carbons (Fsp3) is 0.200. The van der Waals surface area contributed by atoms with Crippen LogP contribution in [-0.4, -0.2) is 9.78 Å². The molecule has 0 unspecified atom stereocenters. The molecule has 1 aromatic rings. The molecule has 0 spiro atoms. The van der Waals surface area contributed by atoms with E-state index >= 15 is 0 Å². The Morgan fingerprint density at radius 1 is 1.73 bits per heavy atom. The van der Waals surface area contributed by atoms with Gasteiger partial charge in [0.15, 0.2) is 5.69 Å². The van der Waals surface area contributed by atoms with Crippen LogP contribution >= 0.6 is 11.6 Å². The lowest BCUT2D eigenvalue weighted by Crippen LogP contribution is -2.02. The van der Waals surface area contributed by atoms with Crippen molar-refractivity contribution in [3.8, 4) is 6.07 Å². The normalized spacial score (nSPS) is 10.1. The third kappa shape index (κ3) is 1.30. The molecular weight excluding hydrogens is 176 g/mol. The van der Waals surface area contributed by atoms with Crippen molar-refractivity contribution >= 4 is 11.6 Å². The summed E-state index contributed by atoms with van der Waals surface area (Å²) in [7, 11) is 0. The predicted molar refractivity (Wildman–Crippen MR) is 33.2 cm³/mol. The number of nitrogens with zero attached hydrogens (tertiary/aromatic N) is 3. The quantitative estimate of drug-likeness (QED) is 0.657. The Morgan fingerprint density at radius 2 is 2.36 bits per heavy atom. The molecule has 0 N–H and O–H groups in total. The minimum Gasteiger partial charge on any atom is -0.192 e.